The van der Waals surface area contributed by atoms with Gasteiger partial charge in [-0.2, -0.15) is 0 Å². The van der Waals surface area contributed by atoms with Crippen LogP contribution in [-0.2, 0) is 0 Å². The molecule has 0 N–H and O–H groups in total. The minimum atomic E-state index is -4.02. The Hall–Kier alpha value is -4.04. The molecule has 130 valence electrons. The molecule has 0 spiro atoms. The highest BCUT2D eigenvalue weighted by atomic mass is 16.7. The highest BCUT2D eigenvalue weighted by Gasteiger charge is 2.71. The SMILES string of the molecule is O=[N+]([O-])C(CC#CCC([N+](=O)[O-])([N+](=O)[O-])[N+](=O)[O-])([N+](=O)[O-])[N+](=O)[O-]. The second-order valence-corrected chi connectivity index (χ2v) is 3.80. The second kappa shape index (κ2) is 6.81. The van der Waals surface area contributed by atoms with Crippen molar-refractivity contribution in [2.45, 2.75) is 24.4 Å². The fourth-order valence-electron chi connectivity index (χ4n) is 1.15. The first-order valence-electron chi connectivity index (χ1n) is 5.20. The van der Waals surface area contributed by atoms with Crippen molar-refractivity contribution in [3.8, 4) is 11.8 Å². The molecule has 0 aliphatic heterocycles. The summed E-state index contributed by atoms with van der Waals surface area (Å²) in [7, 11) is 0. The van der Waals surface area contributed by atoms with Gasteiger partial charge in [-0.3, -0.25) is 60.7 Å². The smallest absolute Gasteiger partial charge is 0.253 e. The maximum atomic E-state index is 10.5. The Morgan fingerprint density at radius 2 is 0.667 bits per heavy atom. The summed E-state index contributed by atoms with van der Waals surface area (Å²) in [4.78, 5) is 51.9. The van der Waals surface area contributed by atoms with Gasteiger partial charge in [0, 0.05) is 0 Å². The van der Waals surface area contributed by atoms with Crippen molar-refractivity contribution in [3.05, 3.63) is 60.7 Å². The van der Waals surface area contributed by atoms with E-state index in [0.717, 1.165) is 0 Å². The summed E-state index contributed by atoms with van der Waals surface area (Å²) in [5.74, 6) is -5.24. The van der Waals surface area contributed by atoms with E-state index >= 15 is 0 Å². The highest BCUT2D eigenvalue weighted by Crippen LogP contribution is 2.18. The number of hydrogen-bond donors (Lipinski definition) is 0. The third-order valence-corrected chi connectivity index (χ3v) is 2.53. The summed E-state index contributed by atoms with van der Waals surface area (Å²) in [6, 6.07) is 0. The van der Waals surface area contributed by atoms with E-state index in [2.05, 4.69) is 0 Å². The molecular formula is C6H4N6O12. The van der Waals surface area contributed by atoms with Crippen LogP contribution in [-0.4, -0.2) is 41.1 Å². The average Bonchev–Trinajstić information content (AvgIpc) is 2.40. The maximum absolute atomic E-state index is 10.5. The summed E-state index contributed by atoms with van der Waals surface area (Å²) in [6.45, 7) is 0. The van der Waals surface area contributed by atoms with Crippen LogP contribution in [0.1, 0.15) is 12.8 Å². The number of nitrogens with zero attached hydrogens (tertiary/aromatic N) is 6. The normalized spacial score (nSPS) is 10.8. The lowest BCUT2D eigenvalue weighted by atomic mass is 10.2. The van der Waals surface area contributed by atoms with Crippen LogP contribution in [0.4, 0.5) is 0 Å². The van der Waals surface area contributed by atoms with Gasteiger partial charge in [0.1, 0.15) is 0 Å². The molecule has 0 aliphatic carbocycles. The van der Waals surface area contributed by atoms with Crippen molar-refractivity contribution < 1.29 is 29.5 Å². The lowest BCUT2D eigenvalue weighted by Gasteiger charge is -2.06. The Kier molecular flexibility index (Phi) is 5.67. The molecule has 0 bridgehead atoms. The zero-order chi connectivity index (χ0) is 19.3. The molecule has 0 aliphatic rings. The summed E-state index contributed by atoms with van der Waals surface area (Å²) in [5.41, 5.74) is 0. The summed E-state index contributed by atoms with van der Waals surface area (Å²) in [5, 5.41) is 63.3. The van der Waals surface area contributed by atoms with Crippen LogP contribution in [0.3, 0.4) is 0 Å². The molecule has 0 rings (SSSR count). The van der Waals surface area contributed by atoms with Gasteiger partial charge in [0.15, 0.2) is 29.5 Å². The van der Waals surface area contributed by atoms with E-state index in [4.69, 9.17) is 0 Å². The minimum absolute atomic E-state index is 1.40. The molecule has 0 aromatic heterocycles. The third-order valence-electron chi connectivity index (χ3n) is 2.53. The Balaban J connectivity index is 5.74. The second-order valence-electron chi connectivity index (χ2n) is 3.80. The van der Waals surface area contributed by atoms with Crippen molar-refractivity contribution in [3.63, 3.8) is 0 Å². The van der Waals surface area contributed by atoms with Crippen LogP contribution >= 0.6 is 0 Å². The fraction of sp³-hybridized carbons (Fsp3) is 0.667. The Morgan fingerprint density at radius 3 is 0.792 bits per heavy atom. The third kappa shape index (κ3) is 3.08. The fourth-order valence-corrected chi connectivity index (χ4v) is 1.15. The molecule has 0 saturated carbocycles. The monoisotopic (exact) mass is 352 g/mol. The molecule has 0 fully saturated rings. The Labute approximate surface area is 127 Å². The van der Waals surface area contributed by atoms with Crippen molar-refractivity contribution in [2.75, 3.05) is 0 Å². The van der Waals surface area contributed by atoms with E-state index < -0.39 is 54.0 Å². The largest absolute Gasteiger partial charge is 0.710 e. The van der Waals surface area contributed by atoms with Gasteiger partial charge in [0.25, 0.3) is 0 Å². The van der Waals surface area contributed by atoms with Crippen molar-refractivity contribution in [1.82, 2.24) is 0 Å². The molecule has 0 saturated heterocycles. The average molecular weight is 352 g/mol. The first-order chi connectivity index (χ1) is 10.9. The molecule has 0 heterocycles. The molecule has 0 amide bonds. The van der Waals surface area contributed by atoms with E-state index in [1.807, 2.05) is 0 Å². The minimum Gasteiger partial charge on any atom is -0.253 e. The van der Waals surface area contributed by atoms with E-state index in [-0.39, 0.29) is 0 Å². The number of hydrogen-bond acceptors (Lipinski definition) is 12. The van der Waals surface area contributed by atoms with E-state index in [1.165, 1.54) is 11.8 Å². The van der Waals surface area contributed by atoms with Crippen LogP contribution in [0.5, 0.6) is 0 Å². The number of nitro groups is 6. The lowest BCUT2D eigenvalue weighted by molar-refractivity contribution is -0.969. The van der Waals surface area contributed by atoms with Gasteiger partial charge in [-0.15, -0.1) is 0 Å². The molecule has 18 heteroatoms. The van der Waals surface area contributed by atoms with Crippen LogP contribution in [0.15, 0.2) is 0 Å². The molecule has 0 aromatic rings. The quantitative estimate of drug-likeness (QED) is 0.214. The number of rotatable bonds is 8. The molecule has 18 nitrogen and oxygen atoms in total. The standard InChI is InChI=1S/C6H4N6O12/c13-7(14)5(8(15)16,9(17)18)3-1-2-4-6(10(19)20,11(21)22)12(23)24/h3-4H2. The van der Waals surface area contributed by atoms with Gasteiger partial charge in [-0.05, 0) is 0 Å². The topological polar surface area (TPSA) is 259 Å². The Bertz CT molecular complexity index is 560. The van der Waals surface area contributed by atoms with Crippen LogP contribution in [0, 0.1) is 72.5 Å². The summed E-state index contributed by atoms with van der Waals surface area (Å²) >= 11 is 0. The maximum Gasteiger partial charge on any atom is 0.710 e. The summed E-state index contributed by atoms with van der Waals surface area (Å²) in [6.07, 6.45) is -3.47. The van der Waals surface area contributed by atoms with Gasteiger partial charge in [0.2, 0.25) is 12.8 Å². The summed E-state index contributed by atoms with van der Waals surface area (Å²) < 4.78 is 0. The van der Waals surface area contributed by atoms with E-state index in [1.54, 1.807) is 0 Å². The van der Waals surface area contributed by atoms with E-state index in [0.29, 0.717) is 0 Å². The first kappa shape index (κ1) is 20.0. The van der Waals surface area contributed by atoms with E-state index in [9.17, 15) is 60.7 Å². The first-order valence-corrected chi connectivity index (χ1v) is 5.20. The van der Waals surface area contributed by atoms with Crippen LogP contribution in [0.25, 0.3) is 0 Å². The molecule has 0 aromatic carbocycles. The highest BCUT2D eigenvalue weighted by molar-refractivity contribution is 5.02. The van der Waals surface area contributed by atoms with Crippen LogP contribution < -0.4 is 0 Å². The van der Waals surface area contributed by atoms with Gasteiger partial charge in [-0.1, -0.05) is 11.8 Å². The van der Waals surface area contributed by atoms with Crippen molar-refractivity contribution >= 4 is 0 Å². The van der Waals surface area contributed by atoms with Gasteiger partial charge < -0.3 is 0 Å². The zero-order valence-corrected chi connectivity index (χ0v) is 11.0. The molecule has 24 heavy (non-hydrogen) atoms. The van der Waals surface area contributed by atoms with Gasteiger partial charge in [-0.25, -0.2) is 0 Å². The van der Waals surface area contributed by atoms with Crippen LogP contribution in [0.2, 0.25) is 0 Å². The van der Waals surface area contributed by atoms with Crippen molar-refractivity contribution in [2.24, 2.45) is 0 Å². The predicted octanol–water partition coefficient (Wildman–Crippen LogP) is -1.26. The molecular weight excluding hydrogens is 348 g/mol. The van der Waals surface area contributed by atoms with Gasteiger partial charge >= 0.3 is 11.6 Å². The Morgan fingerprint density at radius 1 is 0.500 bits per heavy atom. The van der Waals surface area contributed by atoms with Gasteiger partial charge in [0.05, 0.1) is 0 Å². The lowest BCUT2D eigenvalue weighted by Crippen LogP contribution is -2.53. The zero-order valence-electron chi connectivity index (χ0n) is 11.0. The predicted molar refractivity (Wildman–Crippen MR) is 64.4 cm³/mol. The molecule has 0 unspecified atom stereocenters. The molecule has 0 radical (unpaired) electrons. The van der Waals surface area contributed by atoms with Crippen molar-refractivity contribution in [1.29, 1.82) is 0 Å². The molecule has 0 atom stereocenters.